The van der Waals surface area contributed by atoms with Crippen LogP contribution in [0.4, 0.5) is 0 Å². The van der Waals surface area contributed by atoms with Crippen LogP contribution in [0.5, 0.6) is 0 Å². The largest absolute Gasteiger partial charge is 0.547 e. The van der Waals surface area contributed by atoms with Crippen molar-refractivity contribution in [3.05, 3.63) is 0 Å². The highest BCUT2D eigenvalue weighted by Crippen LogP contribution is 2.24. The molecule has 0 aromatic carbocycles. The number of carboxylic acids is 3. The lowest BCUT2D eigenvalue weighted by molar-refractivity contribution is -0.910. The van der Waals surface area contributed by atoms with E-state index in [1.54, 1.807) is 0 Å². The van der Waals surface area contributed by atoms with Gasteiger partial charge in [0.25, 0.3) is 0 Å². The molecule has 0 heterocycles. The third-order valence-corrected chi connectivity index (χ3v) is 15.1. The number of hydrogen-bond acceptors (Lipinski definition) is 21. The second kappa shape index (κ2) is 35.1. The van der Waals surface area contributed by atoms with Crippen molar-refractivity contribution in [3.8, 4) is 0 Å². The SMILES string of the molecule is CCCCCCCCCC[N+](C)(CCCCCCCCCC)CCC[Si](COC[C@@H](O)[C@@H](O)[C@H](O)[C@@H](O)C(=O)[O-])(OC[C@@H](O)[C@@H](O)[C@H](O)[C@@H](O)C(=O)[O-])OC[C@@H](O)[C@@H](O)[C@H](O)[C@@H](O)C(=O)[O-]. The molecule has 0 rings (SSSR count). The normalized spacial score (nSPS) is 18.0. The molecule has 0 saturated carbocycles. The molecule has 0 saturated heterocycles. The van der Waals surface area contributed by atoms with E-state index in [4.69, 9.17) is 13.6 Å². The molecule has 0 aliphatic heterocycles. The number of carboxylic acid groups (broad SMARTS) is 3. The number of aliphatic hydroxyl groups excluding tert-OH is 12. The highest BCUT2D eigenvalue weighted by atomic mass is 28.4. The van der Waals surface area contributed by atoms with E-state index in [9.17, 15) is 91.0 Å². The summed E-state index contributed by atoms with van der Waals surface area (Å²) in [6.07, 6.45) is -11.6. The fraction of sp³-hybridized carbons (Fsp3) is 0.930. The zero-order valence-corrected chi connectivity index (χ0v) is 40.1. The first-order chi connectivity index (χ1) is 31.0. The quantitative estimate of drug-likeness (QED) is 0.0154. The van der Waals surface area contributed by atoms with Crippen LogP contribution in [0.3, 0.4) is 0 Å². The summed E-state index contributed by atoms with van der Waals surface area (Å²) in [6.45, 7) is 3.54. The van der Waals surface area contributed by atoms with Crippen molar-refractivity contribution in [1.82, 2.24) is 0 Å². The highest BCUT2D eigenvalue weighted by Gasteiger charge is 2.44. The van der Waals surface area contributed by atoms with Crippen molar-refractivity contribution in [2.45, 2.75) is 202 Å². The molecule has 0 spiro atoms. The van der Waals surface area contributed by atoms with Crippen molar-refractivity contribution >= 4 is 26.5 Å². The summed E-state index contributed by atoms with van der Waals surface area (Å²) in [4.78, 5) is 33.4. The first kappa shape index (κ1) is 64.0. The minimum Gasteiger partial charge on any atom is -0.547 e. The molecule has 66 heavy (non-hydrogen) atoms. The Hall–Kier alpha value is -2.01. The van der Waals surface area contributed by atoms with Crippen molar-refractivity contribution in [2.75, 3.05) is 52.7 Å². The molecule has 0 aromatic heterocycles. The Kier molecular flexibility index (Phi) is 34.1. The smallest absolute Gasteiger partial charge is 0.365 e. The van der Waals surface area contributed by atoms with Crippen LogP contribution >= 0.6 is 0 Å². The lowest BCUT2D eigenvalue weighted by Crippen LogP contribution is -2.57. The van der Waals surface area contributed by atoms with Gasteiger partial charge in [0.15, 0.2) is 0 Å². The number of quaternary nitrogens is 1. The van der Waals surface area contributed by atoms with Gasteiger partial charge in [-0.05, 0) is 38.1 Å². The molecule has 12 atom stereocenters. The maximum absolute atomic E-state index is 11.2. The second-order valence-corrected chi connectivity index (χ2v) is 21.0. The van der Waals surface area contributed by atoms with Crippen LogP contribution in [-0.4, -0.2) is 218 Å². The molecule has 12 N–H and O–H groups in total. The number of carbonyl (C=O) groups is 3. The molecule has 0 bridgehead atoms. The Morgan fingerprint density at radius 2 is 0.727 bits per heavy atom. The van der Waals surface area contributed by atoms with Crippen LogP contribution < -0.4 is 15.3 Å². The lowest BCUT2D eigenvalue weighted by atomic mass is 10.0. The number of unbranched alkanes of at least 4 members (excludes halogenated alkanes) is 14. The number of carbonyl (C=O) groups excluding carboxylic acids is 3. The number of ether oxygens (including phenoxy) is 1. The Morgan fingerprint density at radius 3 is 1.05 bits per heavy atom. The second-order valence-electron chi connectivity index (χ2n) is 17.8. The number of aliphatic carboxylic acids is 3. The van der Waals surface area contributed by atoms with Crippen molar-refractivity contribution in [2.24, 2.45) is 0 Å². The molecule has 0 unspecified atom stereocenters. The van der Waals surface area contributed by atoms with Crippen molar-refractivity contribution in [1.29, 1.82) is 0 Å². The van der Waals surface area contributed by atoms with E-state index in [0.29, 0.717) is 11.0 Å². The molecular weight excluding hydrogens is 895 g/mol. The Labute approximate surface area is 389 Å². The third-order valence-electron chi connectivity index (χ3n) is 11.9. The van der Waals surface area contributed by atoms with E-state index in [2.05, 4.69) is 20.9 Å². The van der Waals surface area contributed by atoms with Crippen LogP contribution in [0, 0.1) is 0 Å². The van der Waals surface area contributed by atoms with Gasteiger partial charge in [-0.1, -0.05) is 90.9 Å². The van der Waals surface area contributed by atoms with Gasteiger partial charge in [0.1, 0.15) is 73.2 Å². The van der Waals surface area contributed by atoms with Crippen molar-refractivity contribution < 1.29 is 109 Å². The zero-order valence-electron chi connectivity index (χ0n) is 39.1. The first-order valence-electron chi connectivity index (χ1n) is 23.5. The fourth-order valence-electron chi connectivity index (χ4n) is 7.43. The molecule has 392 valence electrons. The highest BCUT2D eigenvalue weighted by molar-refractivity contribution is 6.67. The van der Waals surface area contributed by atoms with Gasteiger partial charge in [0.2, 0.25) is 0 Å². The Morgan fingerprint density at radius 1 is 0.439 bits per heavy atom. The molecule has 0 aromatic rings. The van der Waals surface area contributed by atoms with Crippen molar-refractivity contribution in [3.63, 3.8) is 0 Å². The molecule has 23 heteroatoms. The van der Waals surface area contributed by atoms with Gasteiger partial charge in [-0.3, -0.25) is 0 Å². The number of hydrogen-bond donors (Lipinski definition) is 12. The predicted molar refractivity (Wildman–Crippen MR) is 231 cm³/mol. The predicted octanol–water partition coefficient (Wildman–Crippen LogP) is -5.28. The van der Waals surface area contributed by atoms with Gasteiger partial charge >= 0.3 is 8.56 Å². The van der Waals surface area contributed by atoms with E-state index in [1.807, 2.05) is 0 Å². The third kappa shape index (κ3) is 25.6. The van der Waals surface area contributed by atoms with E-state index >= 15 is 0 Å². The van der Waals surface area contributed by atoms with Gasteiger partial charge in [-0.25, -0.2) is 0 Å². The van der Waals surface area contributed by atoms with Gasteiger partial charge in [-0.2, -0.15) is 0 Å². The maximum atomic E-state index is 11.2. The fourth-order valence-corrected chi connectivity index (χ4v) is 10.2. The lowest BCUT2D eigenvalue weighted by Gasteiger charge is -2.38. The van der Waals surface area contributed by atoms with Gasteiger partial charge in [-0.15, -0.1) is 0 Å². The van der Waals surface area contributed by atoms with E-state index in [0.717, 1.165) is 90.1 Å². The summed E-state index contributed by atoms with van der Waals surface area (Å²) in [5.74, 6) is -6.51. The number of nitrogens with zero attached hydrogens (tertiary/aromatic N) is 1. The molecule has 0 aliphatic carbocycles. The summed E-state index contributed by atoms with van der Waals surface area (Å²) in [5.41, 5.74) is 0. The van der Waals surface area contributed by atoms with Crippen LogP contribution in [0.15, 0.2) is 0 Å². The monoisotopic (exact) mass is 978 g/mol. The molecule has 22 nitrogen and oxygen atoms in total. The van der Waals surface area contributed by atoms with Crippen LogP contribution in [0.2, 0.25) is 6.04 Å². The summed E-state index contributed by atoms with van der Waals surface area (Å²) in [5, 5.41) is 156. The summed E-state index contributed by atoms with van der Waals surface area (Å²) >= 11 is 0. The molecule has 0 fully saturated rings. The number of aliphatic hydroxyl groups is 12. The average Bonchev–Trinajstić information content (AvgIpc) is 3.28. The van der Waals surface area contributed by atoms with E-state index < -0.39 is 126 Å². The van der Waals surface area contributed by atoms with E-state index in [1.165, 1.54) is 25.7 Å². The van der Waals surface area contributed by atoms with Gasteiger partial charge in [0.05, 0.1) is 70.6 Å². The minimum atomic E-state index is -4.30. The van der Waals surface area contributed by atoms with Gasteiger partial charge in [0, 0.05) is 0 Å². The standard InChI is InChI=1S/C43H85NO21Si/c1-4-6-8-10-12-14-16-18-21-44(3,22-19-17-15-13-11-9-7-5-2)23-20-24-66(64-26-30(46)33(49)36(52)39(55)42(59)60,65-27-31(47)34(50)37(53)40(56)43(61)62)28-63-25-29(45)32(48)35(51)38(54)41(57)58/h29-40,45-56H,4-28H2,1-3H3,(H2-,57,58,59,60,61,62)/p-2/t29-,30-,31-,32-,33-,34-,35+,36+,37+,38-,39-,40-/m1/s1. The molecule has 0 aliphatic rings. The summed E-state index contributed by atoms with van der Waals surface area (Å²) < 4.78 is 18.3. The zero-order chi connectivity index (χ0) is 50.5. The Balaban J connectivity index is 6.75. The van der Waals surface area contributed by atoms with E-state index in [-0.39, 0.29) is 12.5 Å². The molecular formula is C43H83NO21Si-2. The topological polar surface area (TPSA) is 391 Å². The maximum Gasteiger partial charge on any atom is 0.365 e. The first-order valence-corrected chi connectivity index (χ1v) is 25.7. The van der Waals surface area contributed by atoms with Gasteiger partial charge < -0.3 is 109 Å². The van der Waals surface area contributed by atoms with Crippen LogP contribution in [0.1, 0.15) is 123 Å². The molecule has 0 radical (unpaired) electrons. The van der Waals surface area contributed by atoms with Crippen LogP contribution in [0.25, 0.3) is 0 Å². The summed E-state index contributed by atoms with van der Waals surface area (Å²) in [7, 11) is -2.20. The average molecular weight is 978 g/mol. The Bertz CT molecular complexity index is 1230. The molecule has 0 amide bonds. The summed E-state index contributed by atoms with van der Waals surface area (Å²) in [6, 6.07) is -0.111. The number of rotatable bonds is 44. The minimum absolute atomic E-state index is 0.111. The van der Waals surface area contributed by atoms with Crippen LogP contribution in [-0.2, 0) is 28.0 Å².